The Morgan fingerprint density at radius 3 is 2.41 bits per heavy atom. The number of nitrogens with zero attached hydrogens (tertiary/aromatic N) is 2. The van der Waals surface area contributed by atoms with Gasteiger partial charge in [0.15, 0.2) is 6.10 Å². The highest BCUT2D eigenvalue weighted by molar-refractivity contribution is 6.30. The zero-order valence-corrected chi connectivity index (χ0v) is 26.6. The van der Waals surface area contributed by atoms with Crippen LogP contribution >= 0.6 is 11.6 Å². The van der Waals surface area contributed by atoms with Crippen LogP contribution in [0.3, 0.4) is 0 Å². The normalized spacial score (nSPS) is 14.8. The summed E-state index contributed by atoms with van der Waals surface area (Å²) < 4.78 is 26.1. The molecule has 1 aliphatic rings. The van der Waals surface area contributed by atoms with Crippen LogP contribution < -0.4 is 24.6 Å². The molecule has 0 saturated carbocycles. The van der Waals surface area contributed by atoms with Gasteiger partial charge in [-0.15, -0.1) is 6.42 Å². The van der Waals surface area contributed by atoms with Crippen molar-refractivity contribution in [1.29, 1.82) is 0 Å². The van der Waals surface area contributed by atoms with Crippen molar-refractivity contribution in [3.63, 3.8) is 0 Å². The smallest absolute Gasteiger partial charge is 0.269 e. The lowest BCUT2D eigenvalue weighted by Crippen LogP contribution is -2.52. The highest BCUT2D eigenvalue weighted by Gasteiger charge is 2.40. The molecule has 2 amide bonds. The molecule has 44 heavy (non-hydrogen) atoms. The summed E-state index contributed by atoms with van der Waals surface area (Å²) in [5.41, 5.74) is 1.86. The molecule has 1 heterocycles. The van der Waals surface area contributed by atoms with Gasteiger partial charge in [-0.2, -0.15) is 0 Å². The lowest BCUT2D eigenvalue weighted by molar-refractivity contribution is -0.131. The van der Waals surface area contributed by atoms with Crippen LogP contribution in [0.1, 0.15) is 58.2 Å². The zero-order valence-electron chi connectivity index (χ0n) is 25.8. The minimum absolute atomic E-state index is 0.0315. The highest BCUT2D eigenvalue weighted by atomic mass is 35.5. The van der Waals surface area contributed by atoms with Gasteiger partial charge in [-0.1, -0.05) is 23.6 Å². The predicted molar refractivity (Wildman–Crippen MR) is 173 cm³/mol. The van der Waals surface area contributed by atoms with Crippen molar-refractivity contribution in [2.45, 2.75) is 65.1 Å². The van der Waals surface area contributed by atoms with Crippen LogP contribution in [-0.4, -0.2) is 43.2 Å². The van der Waals surface area contributed by atoms with Crippen molar-refractivity contribution in [2.75, 3.05) is 29.5 Å². The second-order valence-electron chi connectivity index (χ2n) is 11.6. The SMILES string of the molecule is C#CCOc1cc(N(CC)CC)ccc1C(C(=O)NC(C)(C)C)N(C(=O)C1CCc2cc(F)ccc2O1)c1ccc(Cl)cc1. The number of anilines is 2. The number of fused-ring (bicyclic) bond motifs is 1. The van der Waals surface area contributed by atoms with Gasteiger partial charge in [0.2, 0.25) is 5.91 Å². The summed E-state index contributed by atoms with van der Waals surface area (Å²) in [6, 6.07) is 15.3. The van der Waals surface area contributed by atoms with Crippen molar-refractivity contribution in [3.8, 4) is 23.8 Å². The number of hydrogen-bond donors (Lipinski definition) is 1. The number of halogens is 2. The van der Waals surface area contributed by atoms with E-state index >= 15 is 0 Å². The molecule has 2 atom stereocenters. The molecule has 0 spiro atoms. The van der Waals surface area contributed by atoms with Gasteiger partial charge < -0.3 is 19.7 Å². The van der Waals surface area contributed by atoms with Crippen LogP contribution in [-0.2, 0) is 16.0 Å². The van der Waals surface area contributed by atoms with E-state index in [9.17, 15) is 14.0 Å². The molecular weight excluding hydrogens is 581 g/mol. The third kappa shape index (κ3) is 7.64. The number of nitrogens with one attached hydrogen (secondary N) is 1. The summed E-state index contributed by atoms with van der Waals surface area (Å²) in [5.74, 6) is 2.10. The fraction of sp³-hybridized carbons (Fsp3) is 0.371. The van der Waals surface area contributed by atoms with Crippen molar-refractivity contribution < 1.29 is 23.5 Å². The quantitative estimate of drug-likeness (QED) is 0.255. The maximum absolute atomic E-state index is 14.6. The molecule has 0 radical (unpaired) electrons. The first-order valence-corrected chi connectivity index (χ1v) is 15.1. The standard InChI is InChI=1S/C35H39ClFN3O4/c1-7-20-43-31-22-27(39(8-2)9-3)16-17-28(31)32(33(41)38-35(4,5)6)40(26-14-11-24(36)12-15-26)34(42)30-18-10-23-21-25(37)13-19-29(23)44-30/h1,11-17,19,21-22,30,32H,8-10,18,20H2,2-6H3,(H,38,41). The van der Waals surface area contributed by atoms with Crippen molar-refractivity contribution in [2.24, 2.45) is 0 Å². The molecular formula is C35H39ClFN3O4. The molecule has 0 bridgehead atoms. The Balaban J connectivity index is 1.89. The molecule has 3 aromatic carbocycles. The molecule has 2 unspecified atom stereocenters. The number of amides is 2. The van der Waals surface area contributed by atoms with E-state index in [4.69, 9.17) is 27.5 Å². The average Bonchev–Trinajstić information content (AvgIpc) is 2.99. The molecule has 4 rings (SSSR count). The molecule has 7 nitrogen and oxygen atoms in total. The Bertz CT molecular complexity index is 1530. The van der Waals surface area contributed by atoms with Gasteiger partial charge in [-0.3, -0.25) is 14.5 Å². The predicted octanol–water partition coefficient (Wildman–Crippen LogP) is 6.72. The van der Waals surface area contributed by atoms with Crippen LogP contribution in [0.25, 0.3) is 0 Å². The second kappa shape index (κ2) is 14.0. The Labute approximate surface area is 264 Å². The van der Waals surface area contributed by atoms with E-state index in [2.05, 4.69) is 30.0 Å². The molecule has 9 heteroatoms. The molecule has 0 saturated heterocycles. The molecule has 0 aliphatic carbocycles. The first-order valence-electron chi connectivity index (χ1n) is 14.8. The van der Waals surface area contributed by atoms with Crippen LogP contribution in [0, 0.1) is 18.2 Å². The lowest BCUT2D eigenvalue weighted by Gasteiger charge is -2.37. The van der Waals surface area contributed by atoms with Gasteiger partial charge in [-0.05, 0) is 102 Å². The first-order chi connectivity index (χ1) is 20.9. The third-order valence-electron chi connectivity index (χ3n) is 7.32. The number of hydrogen-bond acceptors (Lipinski definition) is 5. The maximum Gasteiger partial charge on any atom is 0.269 e. The van der Waals surface area contributed by atoms with Gasteiger partial charge in [0.25, 0.3) is 5.91 Å². The maximum atomic E-state index is 14.6. The number of aryl methyl sites for hydroxylation is 1. The van der Waals surface area contributed by atoms with Crippen molar-refractivity contribution in [3.05, 3.63) is 82.6 Å². The molecule has 232 valence electrons. The molecule has 0 fully saturated rings. The average molecular weight is 620 g/mol. The van der Waals surface area contributed by atoms with Gasteiger partial charge in [0.05, 0.1) is 0 Å². The molecule has 1 aliphatic heterocycles. The Hall–Kier alpha value is -4.22. The minimum Gasteiger partial charge on any atom is -0.480 e. The van der Waals surface area contributed by atoms with E-state index in [1.54, 1.807) is 24.3 Å². The number of terminal acetylenes is 1. The largest absolute Gasteiger partial charge is 0.480 e. The third-order valence-corrected chi connectivity index (χ3v) is 7.57. The van der Waals surface area contributed by atoms with Gasteiger partial charge >= 0.3 is 0 Å². The van der Waals surface area contributed by atoms with E-state index in [1.807, 2.05) is 39.0 Å². The highest BCUT2D eigenvalue weighted by Crippen LogP contribution is 2.39. The van der Waals surface area contributed by atoms with Crippen LogP contribution in [0.15, 0.2) is 60.7 Å². The summed E-state index contributed by atoms with van der Waals surface area (Å²) >= 11 is 6.24. The van der Waals surface area contributed by atoms with Crippen molar-refractivity contribution in [1.82, 2.24) is 5.32 Å². The minimum atomic E-state index is -1.17. The summed E-state index contributed by atoms with van der Waals surface area (Å²) in [5, 5.41) is 3.53. The van der Waals surface area contributed by atoms with Gasteiger partial charge in [0, 0.05) is 46.7 Å². The summed E-state index contributed by atoms with van der Waals surface area (Å²) in [6.45, 7) is 11.2. The molecule has 3 aromatic rings. The number of carbonyl (C=O) groups is 2. The van der Waals surface area contributed by atoms with Crippen LogP contribution in [0.2, 0.25) is 5.02 Å². The van der Waals surface area contributed by atoms with E-state index in [-0.39, 0.29) is 12.4 Å². The Morgan fingerprint density at radius 2 is 1.77 bits per heavy atom. The Morgan fingerprint density at radius 1 is 1.09 bits per heavy atom. The fourth-order valence-corrected chi connectivity index (χ4v) is 5.43. The monoisotopic (exact) mass is 619 g/mol. The van der Waals surface area contributed by atoms with Crippen LogP contribution in [0.5, 0.6) is 11.5 Å². The first kappa shape index (κ1) is 32.7. The Kier molecular flexibility index (Phi) is 10.4. The van der Waals surface area contributed by atoms with E-state index in [1.165, 1.54) is 23.1 Å². The number of carbonyl (C=O) groups excluding carboxylic acids is 2. The zero-order chi connectivity index (χ0) is 32.0. The van der Waals surface area contributed by atoms with Crippen molar-refractivity contribution >= 4 is 34.8 Å². The van der Waals surface area contributed by atoms with Crippen LogP contribution in [0.4, 0.5) is 15.8 Å². The number of rotatable bonds is 10. The van der Waals surface area contributed by atoms with Gasteiger partial charge in [-0.25, -0.2) is 4.39 Å². The number of benzene rings is 3. The lowest BCUT2D eigenvalue weighted by atomic mass is 9.96. The van der Waals surface area contributed by atoms with E-state index in [0.717, 1.165) is 18.8 Å². The summed E-state index contributed by atoms with van der Waals surface area (Å²) in [7, 11) is 0. The topological polar surface area (TPSA) is 71.1 Å². The van der Waals surface area contributed by atoms with E-state index < -0.39 is 29.5 Å². The summed E-state index contributed by atoms with van der Waals surface area (Å²) in [6.07, 6.45) is 5.38. The van der Waals surface area contributed by atoms with Gasteiger partial charge in [0.1, 0.15) is 30.0 Å². The molecule has 1 N–H and O–H groups in total. The fourth-order valence-electron chi connectivity index (χ4n) is 5.31. The molecule has 0 aromatic heterocycles. The number of ether oxygens (including phenoxy) is 2. The summed E-state index contributed by atoms with van der Waals surface area (Å²) in [4.78, 5) is 32.5. The van der Waals surface area contributed by atoms with E-state index in [0.29, 0.717) is 46.2 Å². The second-order valence-corrected chi connectivity index (χ2v) is 12.0.